The summed E-state index contributed by atoms with van der Waals surface area (Å²) in [6.07, 6.45) is -0.139. The number of hydrogen-bond donors (Lipinski definition) is 1. The Morgan fingerprint density at radius 2 is 2.00 bits per heavy atom. The van der Waals surface area contributed by atoms with Crippen molar-refractivity contribution < 1.29 is 9.84 Å². The van der Waals surface area contributed by atoms with Crippen molar-refractivity contribution in [3.63, 3.8) is 0 Å². The molecule has 1 N–H and O–H groups in total. The monoisotopic (exact) mass is 192 g/mol. The molecule has 14 heavy (non-hydrogen) atoms. The Morgan fingerprint density at radius 3 is 2.57 bits per heavy atom. The zero-order valence-electron chi connectivity index (χ0n) is 8.82. The molecular weight excluding hydrogens is 176 g/mol. The molecule has 0 aromatic heterocycles. The van der Waals surface area contributed by atoms with Gasteiger partial charge < -0.3 is 9.84 Å². The van der Waals surface area contributed by atoms with E-state index >= 15 is 0 Å². The first-order valence-corrected chi connectivity index (χ1v) is 5.02. The summed E-state index contributed by atoms with van der Waals surface area (Å²) < 4.78 is 5.73. The Labute approximate surface area is 84.5 Å². The molecule has 0 fully saturated rings. The third kappa shape index (κ3) is 1.22. The number of rotatable bonds is 1. The van der Waals surface area contributed by atoms with E-state index in [9.17, 15) is 5.11 Å². The molecule has 1 heterocycles. The van der Waals surface area contributed by atoms with Crippen molar-refractivity contribution >= 4 is 0 Å². The number of para-hydroxylation sites is 1. The van der Waals surface area contributed by atoms with Gasteiger partial charge in [-0.25, -0.2) is 0 Å². The number of hydrogen-bond acceptors (Lipinski definition) is 2. The van der Waals surface area contributed by atoms with E-state index in [1.807, 2.05) is 31.2 Å². The maximum Gasteiger partial charge on any atom is 0.134 e. The third-order valence-electron chi connectivity index (χ3n) is 2.85. The van der Waals surface area contributed by atoms with E-state index in [0.717, 1.165) is 11.3 Å². The van der Waals surface area contributed by atoms with Gasteiger partial charge in [0.25, 0.3) is 0 Å². The van der Waals surface area contributed by atoms with Gasteiger partial charge in [0.1, 0.15) is 17.5 Å². The largest absolute Gasteiger partial charge is 0.486 e. The van der Waals surface area contributed by atoms with Crippen LogP contribution in [-0.2, 0) is 5.60 Å². The van der Waals surface area contributed by atoms with Crippen LogP contribution in [0, 0.1) is 5.92 Å². The first-order chi connectivity index (χ1) is 6.53. The standard InChI is InChI=1S/C12H16O2/c1-8(2)11-12(3,13)9-6-4-5-7-10(9)14-11/h4-8,11,13H,1-3H3/t11-,12-/m0/s1. The Kier molecular flexibility index (Phi) is 2.04. The fourth-order valence-electron chi connectivity index (χ4n) is 2.18. The van der Waals surface area contributed by atoms with E-state index in [4.69, 9.17) is 4.74 Å². The van der Waals surface area contributed by atoms with Gasteiger partial charge in [-0.05, 0) is 18.9 Å². The van der Waals surface area contributed by atoms with Crippen molar-refractivity contribution in [3.05, 3.63) is 29.8 Å². The molecule has 0 aliphatic carbocycles. The van der Waals surface area contributed by atoms with Gasteiger partial charge in [-0.1, -0.05) is 32.0 Å². The van der Waals surface area contributed by atoms with E-state index in [2.05, 4.69) is 13.8 Å². The van der Waals surface area contributed by atoms with E-state index in [1.165, 1.54) is 0 Å². The van der Waals surface area contributed by atoms with Crippen LogP contribution < -0.4 is 4.74 Å². The van der Waals surface area contributed by atoms with E-state index in [-0.39, 0.29) is 6.10 Å². The number of benzene rings is 1. The fourth-order valence-corrected chi connectivity index (χ4v) is 2.18. The molecule has 1 aliphatic rings. The van der Waals surface area contributed by atoms with Gasteiger partial charge in [0.15, 0.2) is 0 Å². The molecule has 1 aromatic carbocycles. The van der Waals surface area contributed by atoms with Gasteiger partial charge >= 0.3 is 0 Å². The molecule has 0 spiro atoms. The van der Waals surface area contributed by atoms with Gasteiger partial charge in [0.05, 0.1) is 0 Å². The highest BCUT2D eigenvalue weighted by Gasteiger charge is 2.44. The Bertz CT molecular complexity index is 342. The van der Waals surface area contributed by atoms with Crippen LogP contribution >= 0.6 is 0 Å². The van der Waals surface area contributed by atoms with Crippen LogP contribution in [0.5, 0.6) is 5.75 Å². The molecule has 0 saturated heterocycles. The summed E-state index contributed by atoms with van der Waals surface area (Å²) in [4.78, 5) is 0. The molecule has 2 nitrogen and oxygen atoms in total. The smallest absolute Gasteiger partial charge is 0.134 e. The lowest BCUT2D eigenvalue weighted by Gasteiger charge is -2.27. The molecule has 0 bridgehead atoms. The highest BCUT2D eigenvalue weighted by atomic mass is 16.5. The van der Waals surface area contributed by atoms with Crippen LogP contribution in [0.25, 0.3) is 0 Å². The molecule has 1 aromatic rings. The molecular formula is C12H16O2. The molecule has 2 rings (SSSR count). The average Bonchev–Trinajstić information content (AvgIpc) is 2.39. The molecule has 1 aliphatic heterocycles. The second-order valence-electron chi connectivity index (χ2n) is 4.43. The lowest BCUT2D eigenvalue weighted by molar-refractivity contribution is -0.0456. The van der Waals surface area contributed by atoms with Crippen LogP contribution in [0.15, 0.2) is 24.3 Å². The number of fused-ring (bicyclic) bond motifs is 1. The maximum absolute atomic E-state index is 10.4. The second-order valence-corrected chi connectivity index (χ2v) is 4.43. The highest BCUT2D eigenvalue weighted by molar-refractivity contribution is 5.42. The van der Waals surface area contributed by atoms with Crippen LogP contribution in [0.2, 0.25) is 0 Å². The highest BCUT2D eigenvalue weighted by Crippen LogP contribution is 2.43. The van der Waals surface area contributed by atoms with Crippen LogP contribution in [0.1, 0.15) is 26.3 Å². The fraction of sp³-hybridized carbons (Fsp3) is 0.500. The topological polar surface area (TPSA) is 29.5 Å². The Morgan fingerprint density at radius 1 is 1.36 bits per heavy atom. The van der Waals surface area contributed by atoms with Crippen molar-refractivity contribution in [2.24, 2.45) is 5.92 Å². The predicted molar refractivity (Wildman–Crippen MR) is 55.3 cm³/mol. The van der Waals surface area contributed by atoms with E-state index in [0.29, 0.717) is 5.92 Å². The zero-order chi connectivity index (χ0) is 10.3. The van der Waals surface area contributed by atoms with Gasteiger partial charge in [0.2, 0.25) is 0 Å². The summed E-state index contributed by atoms with van der Waals surface area (Å²) in [7, 11) is 0. The summed E-state index contributed by atoms with van der Waals surface area (Å²) >= 11 is 0. The summed E-state index contributed by atoms with van der Waals surface area (Å²) in [5.41, 5.74) is 0.0452. The summed E-state index contributed by atoms with van der Waals surface area (Å²) in [5, 5.41) is 10.4. The van der Waals surface area contributed by atoms with Crippen molar-refractivity contribution in [1.29, 1.82) is 0 Å². The molecule has 0 saturated carbocycles. The third-order valence-corrected chi connectivity index (χ3v) is 2.85. The SMILES string of the molecule is CC(C)[C@@H]1Oc2ccccc2[C@]1(C)O. The molecule has 2 atom stereocenters. The lowest BCUT2D eigenvalue weighted by atomic mass is 9.86. The first-order valence-electron chi connectivity index (χ1n) is 5.02. The number of aliphatic hydroxyl groups is 1. The van der Waals surface area contributed by atoms with E-state index in [1.54, 1.807) is 0 Å². The minimum Gasteiger partial charge on any atom is -0.486 e. The first kappa shape index (κ1) is 9.53. The van der Waals surface area contributed by atoms with E-state index < -0.39 is 5.60 Å². The summed E-state index contributed by atoms with van der Waals surface area (Å²) in [6, 6.07) is 7.70. The minimum absolute atomic E-state index is 0.139. The van der Waals surface area contributed by atoms with Crippen LogP contribution in [0.3, 0.4) is 0 Å². The average molecular weight is 192 g/mol. The van der Waals surface area contributed by atoms with Gasteiger partial charge in [-0.3, -0.25) is 0 Å². The summed E-state index contributed by atoms with van der Waals surface area (Å²) in [6.45, 7) is 5.94. The van der Waals surface area contributed by atoms with Gasteiger partial charge in [-0.15, -0.1) is 0 Å². The van der Waals surface area contributed by atoms with Crippen molar-refractivity contribution in [2.45, 2.75) is 32.5 Å². The number of ether oxygens (including phenoxy) is 1. The summed E-state index contributed by atoms with van der Waals surface area (Å²) in [5.74, 6) is 1.12. The molecule has 0 radical (unpaired) electrons. The predicted octanol–water partition coefficient (Wildman–Crippen LogP) is 2.31. The zero-order valence-corrected chi connectivity index (χ0v) is 8.82. The lowest BCUT2D eigenvalue weighted by Crippen LogP contribution is -2.38. The molecule has 0 unspecified atom stereocenters. The van der Waals surface area contributed by atoms with Crippen LogP contribution in [-0.4, -0.2) is 11.2 Å². The molecule has 76 valence electrons. The normalized spacial score (nSPS) is 30.2. The Balaban J connectivity index is 2.45. The minimum atomic E-state index is -0.856. The second kappa shape index (κ2) is 2.99. The van der Waals surface area contributed by atoms with Crippen molar-refractivity contribution in [3.8, 4) is 5.75 Å². The van der Waals surface area contributed by atoms with Gasteiger partial charge in [-0.2, -0.15) is 0 Å². The van der Waals surface area contributed by atoms with Crippen molar-refractivity contribution in [1.82, 2.24) is 0 Å². The van der Waals surface area contributed by atoms with Gasteiger partial charge in [0, 0.05) is 5.56 Å². The van der Waals surface area contributed by atoms with Crippen molar-refractivity contribution in [2.75, 3.05) is 0 Å². The molecule has 0 amide bonds. The van der Waals surface area contributed by atoms with Crippen LogP contribution in [0.4, 0.5) is 0 Å². The Hall–Kier alpha value is -1.02. The maximum atomic E-state index is 10.4. The quantitative estimate of drug-likeness (QED) is 0.740. The molecule has 2 heteroatoms.